The van der Waals surface area contributed by atoms with Gasteiger partial charge in [-0.15, -0.1) is 10.2 Å². The SMILES string of the molecule is O=C(CSc1nnc(Nc2ccc(F)cc2)s1)N(Cc1ccco1)C1=CCCCC1. The molecule has 4 rings (SSSR count). The van der Waals surface area contributed by atoms with Crippen molar-refractivity contribution in [1.29, 1.82) is 0 Å². The predicted molar refractivity (Wildman–Crippen MR) is 116 cm³/mol. The summed E-state index contributed by atoms with van der Waals surface area (Å²) in [6, 6.07) is 9.75. The second kappa shape index (κ2) is 9.90. The van der Waals surface area contributed by atoms with Crippen molar-refractivity contribution in [3.63, 3.8) is 0 Å². The lowest BCUT2D eigenvalue weighted by Gasteiger charge is -2.26. The van der Waals surface area contributed by atoms with E-state index in [9.17, 15) is 9.18 Å². The summed E-state index contributed by atoms with van der Waals surface area (Å²) < 4.78 is 19.2. The highest BCUT2D eigenvalue weighted by Crippen LogP contribution is 2.29. The number of allylic oxidation sites excluding steroid dienone is 2. The Morgan fingerprint density at radius 1 is 1.23 bits per heavy atom. The Labute approximate surface area is 182 Å². The fourth-order valence-electron chi connectivity index (χ4n) is 3.15. The number of anilines is 2. The normalized spacial score (nSPS) is 13.7. The van der Waals surface area contributed by atoms with Crippen LogP contribution in [0.2, 0.25) is 0 Å². The molecule has 0 atom stereocenters. The minimum Gasteiger partial charge on any atom is -0.467 e. The lowest BCUT2D eigenvalue weighted by atomic mass is 10.0. The number of carbonyl (C=O) groups is 1. The molecule has 1 aliphatic rings. The molecular weight excluding hydrogens is 423 g/mol. The largest absolute Gasteiger partial charge is 0.467 e. The number of nitrogens with zero attached hydrogens (tertiary/aromatic N) is 3. The number of hydrogen-bond acceptors (Lipinski definition) is 7. The molecule has 0 fully saturated rings. The molecule has 2 aromatic heterocycles. The molecule has 1 amide bonds. The molecule has 9 heteroatoms. The van der Waals surface area contributed by atoms with Crippen LogP contribution in [-0.4, -0.2) is 26.8 Å². The first kappa shape index (κ1) is 20.6. The number of thioether (sulfide) groups is 1. The molecule has 6 nitrogen and oxygen atoms in total. The first-order valence-electron chi connectivity index (χ1n) is 9.68. The Hall–Kier alpha value is -2.65. The van der Waals surface area contributed by atoms with E-state index < -0.39 is 0 Å². The highest BCUT2D eigenvalue weighted by atomic mass is 32.2. The van der Waals surface area contributed by atoms with E-state index >= 15 is 0 Å². The molecule has 2 heterocycles. The van der Waals surface area contributed by atoms with E-state index in [1.54, 1.807) is 18.4 Å². The number of nitrogens with one attached hydrogen (secondary N) is 1. The molecule has 0 bridgehead atoms. The lowest BCUT2D eigenvalue weighted by Crippen LogP contribution is -2.32. The molecule has 0 saturated heterocycles. The van der Waals surface area contributed by atoms with Crippen LogP contribution in [0.3, 0.4) is 0 Å². The number of carbonyl (C=O) groups excluding carboxylic acids is 1. The third-order valence-electron chi connectivity index (χ3n) is 4.63. The maximum absolute atomic E-state index is 13.0. The van der Waals surface area contributed by atoms with Crippen molar-refractivity contribution in [2.24, 2.45) is 0 Å². The number of halogens is 1. The Morgan fingerprint density at radius 3 is 2.83 bits per heavy atom. The van der Waals surface area contributed by atoms with Crippen LogP contribution in [0.4, 0.5) is 15.2 Å². The van der Waals surface area contributed by atoms with Gasteiger partial charge in [0.2, 0.25) is 11.0 Å². The first-order valence-corrected chi connectivity index (χ1v) is 11.5. The number of hydrogen-bond donors (Lipinski definition) is 1. The number of furan rings is 1. The molecule has 156 valence electrons. The van der Waals surface area contributed by atoms with Crippen LogP contribution in [0.15, 0.2) is 63.2 Å². The van der Waals surface area contributed by atoms with Gasteiger partial charge in [-0.25, -0.2) is 4.39 Å². The number of aromatic nitrogens is 2. The average molecular weight is 445 g/mol. The van der Waals surface area contributed by atoms with Gasteiger partial charge in [0.15, 0.2) is 4.34 Å². The summed E-state index contributed by atoms with van der Waals surface area (Å²) >= 11 is 2.72. The summed E-state index contributed by atoms with van der Waals surface area (Å²) in [5, 5.41) is 11.9. The Morgan fingerprint density at radius 2 is 2.10 bits per heavy atom. The van der Waals surface area contributed by atoms with Gasteiger partial charge in [0.05, 0.1) is 18.6 Å². The van der Waals surface area contributed by atoms with Crippen LogP contribution in [0, 0.1) is 5.82 Å². The van der Waals surface area contributed by atoms with Gasteiger partial charge in [0.1, 0.15) is 11.6 Å². The van der Waals surface area contributed by atoms with Crippen LogP contribution in [0.25, 0.3) is 0 Å². The number of amides is 1. The molecule has 30 heavy (non-hydrogen) atoms. The Balaban J connectivity index is 1.37. The third-order valence-corrected chi connectivity index (χ3v) is 6.59. The van der Waals surface area contributed by atoms with Crippen LogP contribution >= 0.6 is 23.1 Å². The minimum atomic E-state index is -0.292. The zero-order valence-corrected chi connectivity index (χ0v) is 17.8. The van der Waals surface area contributed by atoms with Gasteiger partial charge >= 0.3 is 0 Å². The van der Waals surface area contributed by atoms with Gasteiger partial charge in [-0.3, -0.25) is 4.79 Å². The van der Waals surface area contributed by atoms with Crippen LogP contribution in [0.1, 0.15) is 31.4 Å². The summed E-state index contributed by atoms with van der Waals surface area (Å²) in [4.78, 5) is 14.8. The van der Waals surface area contributed by atoms with Crippen molar-refractivity contribution in [2.45, 2.75) is 36.6 Å². The summed E-state index contributed by atoms with van der Waals surface area (Å²) in [7, 11) is 0. The van der Waals surface area contributed by atoms with Crippen LogP contribution < -0.4 is 5.32 Å². The lowest BCUT2D eigenvalue weighted by molar-refractivity contribution is -0.127. The van der Waals surface area contributed by atoms with E-state index in [1.165, 1.54) is 35.2 Å². The van der Waals surface area contributed by atoms with Gasteiger partial charge < -0.3 is 14.6 Å². The molecule has 0 saturated carbocycles. The molecule has 1 N–H and O–H groups in total. The molecule has 0 radical (unpaired) electrons. The molecule has 0 spiro atoms. The standard InChI is InChI=1S/C21H21FN4O2S2/c22-15-8-10-16(11-9-15)23-20-24-25-21(30-20)29-14-19(27)26(13-18-7-4-12-28-18)17-5-2-1-3-6-17/h4-5,7-12H,1-3,6,13-14H2,(H,23,24). The van der Waals surface area contributed by atoms with Gasteiger partial charge in [0.25, 0.3) is 0 Å². The summed E-state index contributed by atoms with van der Waals surface area (Å²) in [5.41, 5.74) is 1.80. The quantitative estimate of drug-likeness (QED) is 0.457. The van der Waals surface area contributed by atoms with Crippen LogP contribution in [0.5, 0.6) is 0 Å². The average Bonchev–Trinajstić information content (AvgIpc) is 3.45. The molecule has 3 aromatic rings. The topological polar surface area (TPSA) is 71.3 Å². The molecule has 1 aliphatic carbocycles. The van der Waals surface area contributed by atoms with Crippen molar-refractivity contribution >= 4 is 39.8 Å². The molecule has 0 aliphatic heterocycles. The zero-order chi connectivity index (χ0) is 20.8. The smallest absolute Gasteiger partial charge is 0.237 e. The zero-order valence-electron chi connectivity index (χ0n) is 16.2. The van der Waals surface area contributed by atoms with E-state index in [0.717, 1.165) is 42.8 Å². The second-order valence-electron chi connectivity index (χ2n) is 6.79. The molecule has 0 unspecified atom stereocenters. The minimum absolute atomic E-state index is 0.0211. The summed E-state index contributed by atoms with van der Waals surface area (Å²) in [5.74, 6) is 0.762. The maximum atomic E-state index is 13.0. The monoisotopic (exact) mass is 444 g/mol. The van der Waals surface area contributed by atoms with Crippen molar-refractivity contribution in [3.05, 3.63) is 66.0 Å². The highest BCUT2D eigenvalue weighted by Gasteiger charge is 2.21. The Bertz CT molecular complexity index is 1000. The summed E-state index contributed by atoms with van der Waals surface area (Å²) in [6.45, 7) is 0.436. The maximum Gasteiger partial charge on any atom is 0.237 e. The van der Waals surface area contributed by atoms with E-state index in [2.05, 4.69) is 21.6 Å². The summed E-state index contributed by atoms with van der Waals surface area (Å²) in [6.07, 6.45) is 7.94. The molecular formula is C21H21FN4O2S2. The van der Waals surface area contributed by atoms with Crippen molar-refractivity contribution in [3.8, 4) is 0 Å². The van der Waals surface area contributed by atoms with Gasteiger partial charge in [-0.1, -0.05) is 29.2 Å². The van der Waals surface area contributed by atoms with Gasteiger partial charge in [-0.2, -0.15) is 0 Å². The second-order valence-corrected chi connectivity index (χ2v) is 8.99. The highest BCUT2D eigenvalue weighted by molar-refractivity contribution is 8.01. The predicted octanol–water partition coefficient (Wildman–Crippen LogP) is 5.59. The van der Waals surface area contributed by atoms with Crippen molar-refractivity contribution in [1.82, 2.24) is 15.1 Å². The van der Waals surface area contributed by atoms with E-state index in [1.807, 2.05) is 17.0 Å². The van der Waals surface area contributed by atoms with Crippen LogP contribution in [-0.2, 0) is 11.3 Å². The van der Waals surface area contributed by atoms with E-state index in [-0.39, 0.29) is 17.5 Å². The Kier molecular flexibility index (Phi) is 6.81. The van der Waals surface area contributed by atoms with Crippen molar-refractivity contribution < 1.29 is 13.6 Å². The molecule has 1 aromatic carbocycles. The third kappa shape index (κ3) is 5.48. The number of benzene rings is 1. The van der Waals surface area contributed by atoms with Crippen molar-refractivity contribution in [2.75, 3.05) is 11.1 Å². The van der Waals surface area contributed by atoms with E-state index in [0.29, 0.717) is 16.0 Å². The van der Waals surface area contributed by atoms with E-state index in [4.69, 9.17) is 4.42 Å². The van der Waals surface area contributed by atoms with Gasteiger partial charge in [-0.05, 0) is 62.1 Å². The first-order chi connectivity index (χ1) is 14.7. The van der Waals surface area contributed by atoms with Gasteiger partial charge in [0, 0.05) is 11.4 Å². The fraction of sp³-hybridized carbons (Fsp3) is 0.286. The number of rotatable bonds is 8. The fourth-order valence-corrected chi connectivity index (χ4v) is 4.80.